The second kappa shape index (κ2) is 10.4. The molecule has 2 amide bonds. The van der Waals surface area contributed by atoms with Crippen LogP contribution >= 0.6 is 11.3 Å². The fourth-order valence-corrected chi connectivity index (χ4v) is 5.25. The Balaban J connectivity index is 1.32. The largest absolute Gasteiger partial charge is 0.379 e. The van der Waals surface area contributed by atoms with Crippen molar-refractivity contribution in [2.45, 2.75) is 31.8 Å². The lowest BCUT2D eigenvalue weighted by Crippen LogP contribution is -2.52. The van der Waals surface area contributed by atoms with Crippen molar-refractivity contribution in [3.8, 4) is 0 Å². The molecule has 0 spiro atoms. The number of nitrogens with zero attached hydrogens (tertiary/aromatic N) is 2. The number of amides is 2. The van der Waals surface area contributed by atoms with Gasteiger partial charge in [0.05, 0.1) is 24.9 Å². The minimum atomic E-state index is -0.208. The molecule has 4 rings (SSSR count). The van der Waals surface area contributed by atoms with Crippen LogP contribution in [-0.4, -0.2) is 62.9 Å². The maximum atomic E-state index is 14.3. The third-order valence-corrected chi connectivity index (χ3v) is 6.99. The number of morpholine rings is 1. The predicted octanol–water partition coefficient (Wildman–Crippen LogP) is 3.54. The van der Waals surface area contributed by atoms with E-state index in [9.17, 15) is 9.18 Å². The molecule has 2 aliphatic heterocycles. The van der Waals surface area contributed by atoms with Crippen LogP contribution in [-0.2, 0) is 4.74 Å². The van der Waals surface area contributed by atoms with Crippen molar-refractivity contribution in [1.82, 2.24) is 15.5 Å². The number of thiophene rings is 1. The van der Waals surface area contributed by atoms with Crippen LogP contribution in [0.15, 0.2) is 35.7 Å². The highest BCUT2D eigenvalue weighted by molar-refractivity contribution is 7.10. The molecule has 2 fully saturated rings. The Hall–Kier alpha value is -2.16. The standard InChI is InChI=1S/C23H31FN4O2S/c1-17-6-7-19(24)20(14-17)28-8-2-4-18(16-28)26-23(29)25-15-21(22-5-3-13-31-22)27-9-11-30-12-10-27/h3,5-7,13-14,18,21H,2,4,8-12,15-16H2,1H3,(H2,25,26,29). The Labute approximate surface area is 187 Å². The van der Waals surface area contributed by atoms with E-state index in [0.29, 0.717) is 18.8 Å². The molecule has 3 heterocycles. The van der Waals surface area contributed by atoms with E-state index in [-0.39, 0.29) is 23.9 Å². The number of benzene rings is 1. The van der Waals surface area contributed by atoms with Crippen LogP contribution in [0.1, 0.15) is 29.3 Å². The molecule has 1 aromatic heterocycles. The summed E-state index contributed by atoms with van der Waals surface area (Å²) in [4.78, 5) is 18.3. The minimum Gasteiger partial charge on any atom is -0.379 e. The van der Waals surface area contributed by atoms with Crippen LogP contribution in [0.25, 0.3) is 0 Å². The molecule has 2 saturated heterocycles. The first-order chi connectivity index (χ1) is 15.1. The predicted molar refractivity (Wildman–Crippen MR) is 122 cm³/mol. The van der Waals surface area contributed by atoms with Crippen molar-refractivity contribution >= 4 is 23.1 Å². The molecular weight excluding hydrogens is 415 g/mol. The summed E-state index contributed by atoms with van der Waals surface area (Å²) in [6, 6.07) is 9.34. The number of anilines is 1. The number of hydrogen-bond acceptors (Lipinski definition) is 5. The lowest BCUT2D eigenvalue weighted by Gasteiger charge is -2.36. The van der Waals surface area contributed by atoms with Gasteiger partial charge in [-0.2, -0.15) is 0 Å². The average molecular weight is 447 g/mol. The first-order valence-electron chi connectivity index (χ1n) is 11.0. The van der Waals surface area contributed by atoms with Crippen molar-refractivity contribution in [3.63, 3.8) is 0 Å². The maximum absolute atomic E-state index is 14.3. The lowest BCUT2D eigenvalue weighted by molar-refractivity contribution is 0.0174. The Bertz CT molecular complexity index is 857. The highest BCUT2D eigenvalue weighted by Crippen LogP contribution is 2.26. The van der Waals surface area contributed by atoms with E-state index in [0.717, 1.165) is 51.3 Å². The van der Waals surface area contributed by atoms with E-state index >= 15 is 0 Å². The summed E-state index contributed by atoms with van der Waals surface area (Å²) in [7, 11) is 0. The molecule has 0 saturated carbocycles. The molecule has 2 atom stereocenters. The Morgan fingerprint density at radius 3 is 2.90 bits per heavy atom. The van der Waals surface area contributed by atoms with Gasteiger partial charge in [-0.25, -0.2) is 9.18 Å². The maximum Gasteiger partial charge on any atom is 0.315 e. The molecular formula is C23H31FN4O2S. The van der Waals surface area contributed by atoms with Gasteiger partial charge in [-0.1, -0.05) is 12.1 Å². The second-order valence-corrected chi connectivity index (χ2v) is 9.25. The van der Waals surface area contributed by atoms with E-state index in [1.54, 1.807) is 17.4 Å². The molecule has 2 N–H and O–H groups in total. The van der Waals surface area contributed by atoms with Gasteiger partial charge in [0.1, 0.15) is 5.82 Å². The molecule has 2 aromatic rings. The number of hydrogen-bond donors (Lipinski definition) is 2. The number of aryl methyl sites for hydroxylation is 1. The van der Waals surface area contributed by atoms with Gasteiger partial charge in [0.2, 0.25) is 0 Å². The van der Waals surface area contributed by atoms with Crippen LogP contribution in [0.2, 0.25) is 0 Å². The van der Waals surface area contributed by atoms with Crippen molar-refractivity contribution in [3.05, 3.63) is 52.0 Å². The Kier molecular flexibility index (Phi) is 7.42. The average Bonchev–Trinajstić information content (AvgIpc) is 3.31. The van der Waals surface area contributed by atoms with Gasteiger partial charge in [0, 0.05) is 43.6 Å². The van der Waals surface area contributed by atoms with Crippen molar-refractivity contribution in [1.29, 1.82) is 0 Å². The molecule has 0 aliphatic carbocycles. The molecule has 31 heavy (non-hydrogen) atoms. The second-order valence-electron chi connectivity index (χ2n) is 8.27. The van der Waals surface area contributed by atoms with Gasteiger partial charge in [0.15, 0.2) is 0 Å². The van der Waals surface area contributed by atoms with Crippen molar-refractivity contribution in [2.24, 2.45) is 0 Å². The number of ether oxygens (including phenoxy) is 1. The first-order valence-corrected chi connectivity index (χ1v) is 11.9. The summed E-state index contributed by atoms with van der Waals surface area (Å²) in [6.45, 7) is 7.12. The highest BCUT2D eigenvalue weighted by atomic mass is 32.1. The van der Waals surface area contributed by atoms with Gasteiger partial charge in [-0.05, 0) is 48.9 Å². The summed E-state index contributed by atoms with van der Waals surface area (Å²) in [6.07, 6.45) is 1.82. The van der Waals surface area contributed by atoms with Crippen molar-refractivity contribution < 1.29 is 13.9 Å². The van der Waals surface area contributed by atoms with Crippen LogP contribution in [0.3, 0.4) is 0 Å². The van der Waals surface area contributed by atoms with Crippen LogP contribution in [0.5, 0.6) is 0 Å². The normalized spacial score (nSPS) is 21.0. The molecule has 2 aliphatic rings. The quantitative estimate of drug-likeness (QED) is 0.713. The minimum absolute atomic E-state index is 0.00256. The lowest BCUT2D eigenvalue weighted by atomic mass is 10.0. The number of halogens is 1. The highest BCUT2D eigenvalue weighted by Gasteiger charge is 2.26. The molecule has 6 nitrogen and oxygen atoms in total. The zero-order valence-electron chi connectivity index (χ0n) is 18.0. The van der Waals surface area contributed by atoms with Crippen LogP contribution in [0.4, 0.5) is 14.9 Å². The number of carbonyl (C=O) groups excluding carboxylic acids is 1. The summed E-state index contributed by atoms with van der Waals surface area (Å²) in [5.74, 6) is -0.208. The number of nitrogens with one attached hydrogen (secondary N) is 2. The number of carbonyl (C=O) groups is 1. The summed E-state index contributed by atoms with van der Waals surface area (Å²) in [5.41, 5.74) is 1.66. The molecule has 1 aromatic carbocycles. The fourth-order valence-electron chi connectivity index (χ4n) is 4.38. The van der Waals surface area contributed by atoms with Crippen LogP contribution < -0.4 is 15.5 Å². The SMILES string of the molecule is Cc1ccc(F)c(N2CCCC(NC(=O)NCC(c3cccs3)N3CCOCC3)C2)c1. The number of urea groups is 1. The van der Waals surface area contributed by atoms with Gasteiger partial charge >= 0.3 is 6.03 Å². The zero-order valence-corrected chi connectivity index (χ0v) is 18.8. The molecule has 168 valence electrons. The molecule has 8 heteroatoms. The Morgan fingerprint density at radius 2 is 2.13 bits per heavy atom. The summed E-state index contributed by atoms with van der Waals surface area (Å²) in [5, 5.41) is 8.25. The molecule has 0 bridgehead atoms. The van der Waals surface area contributed by atoms with Gasteiger partial charge in [0.25, 0.3) is 0 Å². The van der Waals surface area contributed by atoms with Gasteiger partial charge in [-0.15, -0.1) is 11.3 Å². The molecule has 2 unspecified atom stereocenters. The number of rotatable bonds is 6. The third kappa shape index (κ3) is 5.75. The zero-order chi connectivity index (χ0) is 21.6. The van der Waals surface area contributed by atoms with Gasteiger partial charge in [-0.3, -0.25) is 4.90 Å². The van der Waals surface area contributed by atoms with E-state index < -0.39 is 0 Å². The van der Waals surface area contributed by atoms with Gasteiger partial charge < -0.3 is 20.3 Å². The Morgan fingerprint density at radius 1 is 1.29 bits per heavy atom. The monoisotopic (exact) mass is 446 g/mol. The van der Waals surface area contributed by atoms with Crippen molar-refractivity contribution in [2.75, 3.05) is 50.8 Å². The van der Waals surface area contributed by atoms with Crippen LogP contribution in [0, 0.1) is 12.7 Å². The molecule has 0 radical (unpaired) electrons. The van der Waals surface area contributed by atoms with E-state index in [2.05, 4.69) is 33.0 Å². The topological polar surface area (TPSA) is 56.8 Å². The summed E-state index contributed by atoms with van der Waals surface area (Å²) >= 11 is 1.72. The van der Waals surface area contributed by atoms with E-state index in [1.165, 1.54) is 10.9 Å². The van der Waals surface area contributed by atoms with E-state index in [4.69, 9.17) is 4.74 Å². The number of piperidine rings is 1. The van der Waals surface area contributed by atoms with E-state index in [1.807, 2.05) is 17.9 Å². The fraction of sp³-hybridized carbons (Fsp3) is 0.522. The smallest absolute Gasteiger partial charge is 0.315 e. The third-order valence-electron chi connectivity index (χ3n) is 6.01. The first kappa shape index (κ1) is 22.0. The summed E-state index contributed by atoms with van der Waals surface area (Å²) < 4.78 is 19.8.